The van der Waals surface area contributed by atoms with Crippen molar-refractivity contribution in [2.24, 2.45) is 0 Å². The summed E-state index contributed by atoms with van der Waals surface area (Å²) in [6, 6.07) is 5.53. The number of carbonyl (C=O) groups excluding carboxylic acids is 1. The van der Waals surface area contributed by atoms with Gasteiger partial charge in [0.1, 0.15) is 0 Å². The molecule has 14 heavy (non-hydrogen) atoms. The van der Waals surface area contributed by atoms with Crippen molar-refractivity contribution in [3.05, 3.63) is 36.2 Å². The first-order chi connectivity index (χ1) is 6.74. The molecule has 0 N–H and O–H groups in total. The SMILES string of the molecule is CN(C)CC=C(C=O)c1ccccn1. The topological polar surface area (TPSA) is 33.2 Å². The van der Waals surface area contributed by atoms with E-state index in [1.54, 1.807) is 6.20 Å². The second kappa shape index (κ2) is 5.29. The lowest BCUT2D eigenvalue weighted by Crippen LogP contribution is -2.11. The number of allylic oxidation sites excluding steroid dienone is 1. The van der Waals surface area contributed by atoms with Crippen LogP contribution in [0.2, 0.25) is 0 Å². The quantitative estimate of drug-likeness (QED) is 0.529. The average molecular weight is 190 g/mol. The van der Waals surface area contributed by atoms with E-state index in [4.69, 9.17) is 0 Å². The summed E-state index contributed by atoms with van der Waals surface area (Å²) < 4.78 is 0. The molecule has 0 bridgehead atoms. The lowest BCUT2D eigenvalue weighted by Gasteiger charge is -2.05. The zero-order valence-corrected chi connectivity index (χ0v) is 8.47. The molecule has 3 heteroatoms. The van der Waals surface area contributed by atoms with E-state index in [9.17, 15) is 4.79 Å². The second-order valence-corrected chi connectivity index (χ2v) is 3.25. The normalized spacial score (nSPS) is 11.8. The molecule has 0 spiro atoms. The number of carbonyl (C=O) groups is 1. The highest BCUT2D eigenvalue weighted by atomic mass is 16.1. The lowest BCUT2D eigenvalue weighted by molar-refractivity contribution is -0.103. The molecule has 0 saturated carbocycles. The Kier molecular flexibility index (Phi) is 4.01. The maximum absolute atomic E-state index is 10.8. The van der Waals surface area contributed by atoms with Crippen molar-refractivity contribution in [1.29, 1.82) is 0 Å². The first-order valence-electron chi connectivity index (χ1n) is 4.45. The Morgan fingerprint density at radius 3 is 2.79 bits per heavy atom. The van der Waals surface area contributed by atoms with Crippen LogP contribution < -0.4 is 0 Å². The molecule has 1 heterocycles. The van der Waals surface area contributed by atoms with E-state index in [0.29, 0.717) is 5.57 Å². The number of likely N-dealkylation sites (N-methyl/N-ethyl adjacent to an activating group) is 1. The summed E-state index contributed by atoms with van der Waals surface area (Å²) in [7, 11) is 3.91. The molecule has 1 rings (SSSR count). The molecule has 0 saturated heterocycles. The fourth-order valence-electron chi connectivity index (χ4n) is 1.03. The maximum Gasteiger partial charge on any atom is 0.151 e. The standard InChI is InChI=1S/C11H14N2O/c1-13(2)8-6-10(9-14)11-5-3-4-7-12-11/h3-7,9H,8H2,1-2H3. The van der Waals surface area contributed by atoms with Crippen LogP contribution in [0.25, 0.3) is 5.57 Å². The Balaban J connectivity index is 2.82. The molecule has 0 radical (unpaired) electrons. The molecule has 0 aliphatic heterocycles. The van der Waals surface area contributed by atoms with Crippen LogP contribution in [0.5, 0.6) is 0 Å². The van der Waals surface area contributed by atoms with Gasteiger partial charge in [-0.05, 0) is 26.2 Å². The summed E-state index contributed by atoms with van der Waals surface area (Å²) >= 11 is 0. The van der Waals surface area contributed by atoms with Crippen LogP contribution in [0.15, 0.2) is 30.5 Å². The number of pyridine rings is 1. The van der Waals surface area contributed by atoms with Crippen LogP contribution in [0.3, 0.4) is 0 Å². The van der Waals surface area contributed by atoms with E-state index in [2.05, 4.69) is 4.98 Å². The fourth-order valence-corrected chi connectivity index (χ4v) is 1.03. The number of aldehydes is 1. The highest BCUT2D eigenvalue weighted by Gasteiger charge is 1.99. The molecule has 0 aliphatic rings. The lowest BCUT2D eigenvalue weighted by atomic mass is 10.2. The van der Waals surface area contributed by atoms with Crippen molar-refractivity contribution in [2.75, 3.05) is 20.6 Å². The summed E-state index contributed by atoms with van der Waals surface area (Å²) in [5, 5.41) is 0. The van der Waals surface area contributed by atoms with Gasteiger partial charge in [0.25, 0.3) is 0 Å². The van der Waals surface area contributed by atoms with Crippen LogP contribution in [-0.4, -0.2) is 36.8 Å². The van der Waals surface area contributed by atoms with Gasteiger partial charge >= 0.3 is 0 Å². The Morgan fingerprint density at radius 2 is 2.29 bits per heavy atom. The summed E-state index contributed by atoms with van der Waals surface area (Å²) in [5.41, 5.74) is 1.36. The summed E-state index contributed by atoms with van der Waals surface area (Å²) in [6.45, 7) is 0.741. The monoisotopic (exact) mass is 190 g/mol. The first-order valence-corrected chi connectivity index (χ1v) is 4.45. The van der Waals surface area contributed by atoms with Crippen molar-refractivity contribution in [2.45, 2.75) is 0 Å². The third-order valence-electron chi connectivity index (χ3n) is 1.76. The highest BCUT2D eigenvalue weighted by molar-refractivity contribution is 6.05. The molecular formula is C11H14N2O. The minimum atomic E-state index is 0.638. The van der Waals surface area contributed by atoms with Crippen molar-refractivity contribution in [1.82, 2.24) is 9.88 Å². The predicted octanol–water partition coefficient (Wildman–Crippen LogP) is 1.23. The van der Waals surface area contributed by atoms with Crippen molar-refractivity contribution >= 4 is 11.9 Å². The smallest absolute Gasteiger partial charge is 0.151 e. The van der Waals surface area contributed by atoms with Gasteiger partial charge in [-0.15, -0.1) is 0 Å². The second-order valence-electron chi connectivity index (χ2n) is 3.25. The Hall–Kier alpha value is -1.48. The molecule has 1 aromatic rings. The number of aromatic nitrogens is 1. The molecule has 0 atom stereocenters. The van der Waals surface area contributed by atoms with Crippen molar-refractivity contribution in [3.8, 4) is 0 Å². The van der Waals surface area contributed by atoms with Crippen LogP contribution in [-0.2, 0) is 4.79 Å². The molecule has 74 valence electrons. The number of rotatable bonds is 4. The van der Waals surface area contributed by atoms with Gasteiger partial charge in [0.15, 0.2) is 6.29 Å². The van der Waals surface area contributed by atoms with Crippen LogP contribution in [0.1, 0.15) is 5.69 Å². The van der Waals surface area contributed by atoms with Gasteiger partial charge in [-0.1, -0.05) is 12.1 Å². The van der Waals surface area contributed by atoms with Gasteiger partial charge in [0.05, 0.1) is 5.69 Å². The molecule has 0 fully saturated rings. The predicted molar refractivity (Wildman–Crippen MR) is 56.8 cm³/mol. The van der Waals surface area contributed by atoms with Gasteiger partial charge in [0, 0.05) is 18.3 Å². The van der Waals surface area contributed by atoms with Gasteiger partial charge in [-0.25, -0.2) is 0 Å². The molecule has 0 unspecified atom stereocenters. The van der Waals surface area contributed by atoms with E-state index >= 15 is 0 Å². The zero-order valence-electron chi connectivity index (χ0n) is 8.47. The summed E-state index contributed by atoms with van der Waals surface area (Å²) in [4.78, 5) is 16.9. The molecule has 0 aliphatic carbocycles. The van der Waals surface area contributed by atoms with Gasteiger partial charge in [0.2, 0.25) is 0 Å². The van der Waals surface area contributed by atoms with E-state index in [0.717, 1.165) is 18.5 Å². The van der Waals surface area contributed by atoms with E-state index in [1.807, 2.05) is 43.3 Å². The molecule has 0 aromatic carbocycles. The van der Waals surface area contributed by atoms with Gasteiger partial charge in [-0.2, -0.15) is 0 Å². The molecule has 0 amide bonds. The molecule has 3 nitrogen and oxygen atoms in total. The fraction of sp³-hybridized carbons (Fsp3) is 0.273. The molecular weight excluding hydrogens is 176 g/mol. The average Bonchev–Trinajstić information content (AvgIpc) is 2.20. The number of nitrogens with zero attached hydrogens (tertiary/aromatic N) is 2. The Labute approximate surface area is 84.1 Å². The van der Waals surface area contributed by atoms with Crippen molar-refractivity contribution in [3.63, 3.8) is 0 Å². The molecule has 1 aromatic heterocycles. The van der Waals surface area contributed by atoms with E-state index < -0.39 is 0 Å². The minimum absolute atomic E-state index is 0.638. The third-order valence-corrected chi connectivity index (χ3v) is 1.76. The van der Waals surface area contributed by atoms with Gasteiger partial charge in [-0.3, -0.25) is 9.78 Å². The first kappa shape index (κ1) is 10.6. The maximum atomic E-state index is 10.8. The van der Waals surface area contributed by atoms with Crippen LogP contribution in [0.4, 0.5) is 0 Å². The van der Waals surface area contributed by atoms with Gasteiger partial charge < -0.3 is 4.90 Å². The minimum Gasteiger partial charge on any atom is -0.306 e. The van der Waals surface area contributed by atoms with E-state index in [-0.39, 0.29) is 0 Å². The summed E-state index contributed by atoms with van der Waals surface area (Å²) in [6.07, 6.45) is 4.39. The summed E-state index contributed by atoms with van der Waals surface area (Å²) in [5.74, 6) is 0. The largest absolute Gasteiger partial charge is 0.306 e. The Bertz CT molecular complexity index is 317. The third kappa shape index (κ3) is 3.11. The number of hydrogen-bond acceptors (Lipinski definition) is 3. The van der Waals surface area contributed by atoms with E-state index in [1.165, 1.54) is 0 Å². The van der Waals surface area contributed by atoms with Crippen LogP contribution in [0, 0.1) is 0 Å². The Morgan fingerprint density at radius 1 is 1.50 bits per heavy atom. The van der Waals surface area contributed by atoms with Crippen molar-refractivity contribution < 1.29 is 4.79 Å². The zero-order chi connectivity index (χ0) is 10.4. The highest BCUT2D eigenvalue weighted by Crippen LogP contribution is 2.07. The van der Waals surface area contributed by atoms with Crippen LogP contribution >= 0.6 is 0 Å². The number of hydrogen-bond donors (Lipinski definition) is 0.